The van der Waals surface area contributed by atoms with Crippen molar-refractivity contribution in [3.8, 4) is 5.69 Å². The number of benzene rings is 1. The fraction of sp³-hybridized carbons (Fsp3) is 0.421. The number of para-hydroxylation sites is 1. The maximum absolute atomic E-state index is 12.6. The highest BCUT2D eigenvalue weighted by atomic mass is 16.6. The van der Waals surface area contributed by atoms with Crippen molar-refractivity contribution >= 4 is 12.0 Å². The van der Waals surface area contributed by atoms with Gasteiger partial charge in [-0.2, -0.15) is 0 Å². The zero-order valence-electron chi connectivity index (χ0n) is 15.3. The number of imidazole rings is 1. The summed E-state index contributed by atoms with van der Waals surface area (Å²) in [6, 6.07) is 6.90. The zero-order chi connectivity index (χ0) is 18.9. The van der Waals surface area contributed by atoms with Crippen molar-refractivity contribution in [3.05, 3.63) is 48.0 Å². The molecule has 3 rings (SSSR count). The molecule has 0 saturated carbocycles. The minimum Gasteiger partial charge on any atom is -0.444 e. The van der Waals surface area contributed by atoms with Gasteiger partial charge in [-0.05, 0) is 45.7 Å². The van der Waals surface area contributed by atoms with E-state index in [1.807, 2.05) is 37.5 Å². The highest BCUT2D eigenvalue weighted by Gasteiger charge is 2.35. The molecule has 1 aromatic carbocycles. The average Bonchev–Trinajstić information content (AvgIpc) is 3.21. The summed E-state index contributed by atoms with van der Waals surface area (Å²) in [6.45, 7) is 6.16. The largest absolute Gasteiger partial charge is 0.444 e. The van der Waals surface area contributed by atoms with Crippen LogP contribution >= 0.6 is 0 Å². The van der Waals surface area contributed by atoms with Crippen LogP contribution in [0.25, 0.3) is 5.69 Å². The van der Waals surface area contributed by atoms with Crippen molar-refractivity contribution in [2.24, 2.45) is 5.73 Å². The number of hydrogen-bond acceptors (Lipinski definition) is 4. The Balaban J connectivity index is 1.96. The van der Waals surface area contributed by atoms with Crippen LogP contribution < -0.4 is 5.73 Å². The Morgan fingerprint density at radius 1 is 1.27 bits per heavy atom. The molecule has 1 aliphatic rings. The van der Waals surface area contributed by atoms with Crippen molar-refractivity contribution in [2.45, 2.75) is 45.3 Å². The van der Waals surface area contributed by atoms with Crippen LogP contribution in [0.4, 0.5) is 4.79 Å². The summed E-state index contributed by atoms with van der Waals surface area (Å²) in [7, 11) is 0. The van der Waals surface area contributed by atoms with Crippen molar-refractivity contribution in [3.63, 3.8) is 0 Å². The Bertz CT molecular complexity index is 822. The van der Waals surface area contributed by atoms with Crippen molar-refractivity contribution in [2.75, 3.05) is 6.54 Å². The first kappa shape index (κ1) is 18.0. The molecule has 1 fully saturated rings. The SMILES string of the molecule is CC(C)(C)OC(=O)N1CCC[C@H]1c1nccn1-c1ccccc1C(N)=O. The number of aromatic nitrogens is 2. The van der Waals surface area contributed by atoms with E-state index >= 15 is 0 Å². The van der Waals surface area contributed by atoms with E-state index in [0.717, 1.165) is 12.8 Å². The van der Waals surface area contributed by atoms with Gasteiger partial charge in [0, 0.05) is 18.9 Å². The van der Waals surface area contributed by atoms with Gasteiger partial charge in [0.2, 0.25) is 0 Å². The molecule has 0 bridgehead atoms. The third-order valence-corrected chi connectivity index (χ3v) is 4.28. The second-order valence-corrected chi connectivity index (χ2v) is 7.37. The lowest BCUT2D eigenvalue weighted by Gasteiger charge is -2.28. The summed E-state index contributed by atoms with van der Waals surface area (Å²) >= 11 is 0. The topological polar surface area (TPSA) is 90.4 Å². The summed E-state index contributed by atoms with van der Waals surface area (Å²) in [5, 5.41) is 0. The van der Waals surface area contributed by atoms with E-state index in [2.05, 4.69) is 4.98 Å². The number of nitrogens with zero attached hydrogens (tertiary/aromatic N) is 3. The highest BCUT2D eigenvalue weighted by molar-refractivity contribution is 5.96. The summed E-state index contributed by atoms with van der Waals surface area (Å²) in [6.07, 6.45) is 4.75. The summed E-state index contributed by atoms with van der Waals surface area (Å²) in [5.41, 5.74) is 6.02. The molecule has 2 aromatic rings. The number of rotatable bonds is 3. The molecule has 1 aromatic heterocycles. The molecule has 0 spiro atoms. The first-order valence-electron chi connectivity index (χ1n) is 8.70. The van der Waals surface area contributed by atoms with Gasteiger partial charge in [-0.3, -0.25) is 9.69 Å². The van der Waals surface area contributed by atoms with Crippen molar-refractivity contribution in [1.82, 2.24) is 14.5 Å². The second kappa shape index (κ2) is 6.82. The Morgan fingerprint density at radius 3 is 2.69 bits per heavy atom. The predicted octanol–water partition coefficient (Wildman–Crippen LogP) is 3.04. The number of likely N-dealkylation sites (tertiary alicyclic amines) is 1. The molecule has 7 nitrogen and oxygen atoms in total. The fourth-order valence-corrected chi connectivity index (χ4v) is 3.23. The Kier molecular flexibility index (Phi) is 4.71. The van der Waals surface area contributed by atoms with Gasteiger partial charge in [0.1, 0.15) is 11.4 Å². The molecule has 1 aliphatic heterocycles. The minimum atomic E-state index is -0.557. The van der Waals surface area contributed by atoms with Crippen LogP contribution in [0, 0.1) is 0 Å². The number of hydrogen-bond donors (Lipinski definition) is 1. The number of nitrogens with two attached hydrogens (primary N) is 1. The first-order chi connectivity index (χ1) is 12.3. The minimum absolute atomic E-state index is 0.208. The molecule has 0 unspecified atom stereocenters. The van der Waals surface area contributed by atoms with Crippen LogP contribution in [0.1, 0.15) is 55.8 Å². The van der Waals surface area contributed by atoms with Gasteiger partial charge in [-0.25, -0.2) is 9.78 Å². The lowest BCUT2D eigenvalue weighted by Crippen LogP contribution is -2.37. The van der Waals surface area contributed by atoms with E-state index in [4.69, 9.17) is 10.5 Å². The van der Waals surface area contributed by atoms with Crippen LogP contribution in [0.5, 0.6) is 0 Å². The smallest absolute Gasteiger partial charge is 0.410 e. The lowest BCUT2D eigenvalue weighted by molar-refractivity contribution is 0.0217. The van der Waals surface area contributed by atoms with E-state index in [-0.39, 0.29) is 12.1 Å². The maximum Gasteiger partial charge on any atom is 0.410 e. The Hall–Kier alpha value is -2.83. The monoisotopic (exact) mass is 356 g/mol. The molecule has 1 atom stereocenters. The number of carbonyl (C=O) groups is 2. The van der Waals surface area contributed by atoms with E-state index in [1.165, 1.54) is 0 Å². The molecule has 26 heavy (non-hydrogen) atoms. The van der Waals surface area contributed by atoms with E-state index in [0.29, 0.717) is 23.6 Å². The predicted molar refractivity (Wildman–Crippen MR) is 97.0 cm³/mol. The molecule has 2 N–H and O–H groups in total. The summed E-state index contributed by atoms with van der Waals surface area (Å²) < 4.78 is 7.36. The van der Waals surface area contributed by atoms with Gasteiger partial charge in [0.15, 0.2) is 0 Å². The zero-order valence-corrected chi connectivity index (χ0v) is 15.3. The highest BCUT2D eigenvalue weighted by Crippen LogP contribution is 2.33. The quantitative estimate of drug-likeness (QED) is 0.915. The molecular formula is C19H24N4O3. The van der Waals surface area contributed by atoms with Gasteiger partial charge >= 0.3 is 6.09 Å². The second-order valence-electron chi connectivity index (χ2n) is 7.37. The van der Waals surface area contributed by atoms with Gasteiger partial charge in [0.25, 0.3) is 5.91 Å². The van der Waals surface area contributed by atoms with Crippen LogP contribution in [-0.2, 0) is 4.74 Å². The standard InChI is InChI=1S/C19H24N4O3/c1-19(2,3)26-18(25)23-11-6-9-15(23)17-21-10-12-22(17)14-8-5-4-7-13(14)16(20)24/h4-5,7-8,10,12,15H,6,9,11H2,1-3H3,(H2,20,24)/t15-/m0/s1. The maximum atomic E-state index is 12.6. The lowest BCUT2D eigenvalue weighted by atomic mass is 10.1. The molecule has 7 heteroatoms. The number of amides is 2. The average molecular weight is 356 g/mol. The molecule has 1 saturated heterocycles. The summed E-state index contributed by atoms with van der Waals surface area (Å²) in [4.78, 5) is 30.5. The van der Waals surface area contributed by atoms with E-state index < -0.39 is 11.5 Å². The Labute approximate surface area is 152 Å². The number of ether oxygens (including phenoxy) is 1. The van der Waals surface area contributed by atoms with Crippen LogP contribution in [0.2, 0.25) is 0 Å². The number of carbonyl (C=O) groups excluding carboxylic acids is 2. The van der Waals surface area contributed by atoms with Gasteiger partial charge < -0.3 is 15.0 Å². The fourth-order valence-electron chi connectivity index (χ4n) is 3.23. The summed E-state index contributed by atoms with van der Waals surface area (Å²) in [5.74, 6) is 0.192. The van der Waals surface area contributed by atoms with Gasteiger partial charge in [-0.15, -0.1) is 0 Å². The molecular weight excluding hydrogens is 332 g/mol. The van der Waals surface area contributed by atoms with Gasteiger partial charge in [-0.1, -0.05) is 12.1 Å². The normalized spacial score (nSPS) is 17.3. The number of primary amides is 1. The molecule has 0 radical (unpaired) electrons. The van der Waals surface area contributed by atoms with Gasteiger partial charge in [0.05, 0.1) is 17.3 Å². The van der Waals surface area contributed by atoms with Crippen molar-refractivity contribution in [1.29, 1.82) is 0 Å². The molecule has 0 aliphatic carbocycles. The third-order valence-electron chi connectivity index (χ3n) is 4.28. The van der Waals surface area contributed by atoms with E-state index in [9.17, 15) is 9.59 Å². The van der Waals surface area contributed by atoms with Crippen LogP contribution in [0.3, 0.4) is 0 Å². The Morgan fingerprint density at radius 2 is 2.00 bits per heavy atom. The van der Waals surface area contributed by atoms with Crippen molar-refractivity contribution < 1.29 is 14.3 Å². The molecule has 2 amide bonds. The van der Waals surface area contributed by atoms with Crippen LogP contribution in [0.15, 0.2) is 36.7 Å². The third kappa shape index (κ3) is 3.56. The first-order valence-corrected chi connectivity index (χ1v) is 8.70. The van der Waals surface area contributed by atoms with Crippen LogP contribution in [-0.4, -0.2) is 38.6 Å². The van der Waals surface area contributed by atoms with E-state index in [1.54, 1.807) is 29.4 Å². The molecule has 2 heterocycles. The molecule has 138 valence electrons.